The average molecular weight is 350 g/mol. The molecule has 0 saturated carbocycles. The number of aromatic nitrogens is 2. The number of carbonyl (C=O) groups is 2. The molecule has 0 aromatic carbocycles. The van der Waals surface area contributed by atoms with Crippen LogP contribution in [0.25, 0.3) is 0 Å². The van der Waals surface area contributed by atoms with Crippen molar-refractivity contribution in [1.29, 1.82) is 0 Å². The molecule has 1 saturated heterocycles. The second-order valence-electron chi connectivity index (χ2n) is 5.98. The van der Waals surface area contributed by atoms with Crippen molar-refractivity contribution in [2.24, 2.45) is 5.73 Å². The van der Waals surface area contributed by atoms with Gasteiger partial charge in [0.15, 0.2) is 0 Å². The summed E-state index contributed by atoms with van der Waals surface area (Å²) in [6.07, 6.45) is 5.33. The van der Waals surface area contributed by atoms with E-state index < -0.39 is 12.0 Å². The fourth-order valence-corrected chi connectivity index (χ4v) is 4.13. The molecular weight excluding hydrogens is 328 g/mol. The van der Waals surface area contributed by atoms with Gasteiger partial charge in [0.2, 0.25) is 5.91 Å². The Bertz CT molecular complexity index is 685. The molecule has 1 unspecified atom stereocenters. The zero-order chi connectivity index (χ0) is 17.3. The summed E-state index contributed by atoms with van der Waals surface area (Å²) in [6.45, 7) is 4.82. The Hall–Kier alpha value is -1.80. The predicted octanol–water partition coefficient (Wildman–Crippen LogP) is 1.03. The molecule has 0 bridgehead atoms. The Morgan fingerprint density at radius 1 is 1.54 bits per heavy atom. The van der Waals surface area contributed by atoms with Crippen molar-refractivity contribution in [3.05, 3.63) is 29.5 Å². The molecule has 2 aliphatic heterocycles. The van der Waals surface area contributed by atoms with Crippen molar-refractivity contribution < 1.29 is 14.3 Å². The highest BCUT2D eigenvalue weighted by molar-refractivity contribution is 8.00. The van der Waals surface area contributed by atoms with Crippen molar-refractivity contribution in [2.45, 2.75) is 44.6 Å². The Labute approximate surface area is 145 Å². The molecule has 8 heteroatoms. The molecule has 3 heterocycles. The van der Waals surface area contributed by atoms with Gasteiger partial charge in [-0.05, 0) is 18.9 Å². The van der Waals surface area contributed by atoms with Gasteiger partial charge in [-0.1, -0.05) is 13.3 Å². The van der Waals surface area contributed by atoms with Crippen LogP contribution < -0.4 is 5.73 Å². The average Bonchev–Trinajstić information content (AvgIpc) is 2.98. The van der Waals surface area contributed by atoms with Gasteiger partial charge in [0.25, 0.3) is 0 Å². The molecule has 0 radical (unpaired) electrons. The van der Waals surface area contributed by atoms with E-state index in [0.717, 1.165) is 24.2 Å². The van der Waals surface area contributed by atoms with Crippen LogP contribution in [0.5, 0.6) is 0 Å². The summed E-state index contributed by atoms with van der Waals surface area (Å²) in [7, 11) is 0. The van der Waals surface area contributed by atoms with Crippen molar-refractivity contribution >= 4 is 23.6 Å². The number of β-lactam (4-membered cyclic amide) rings is 1. The fourth-order valence-electron chi connectivity index (χ4n) is 2.84. The maximum Gasteiger partial charge on any atom is 0.355 e. The van der Waals surface area contributed by atoms with E-state index in [9.17, 15) is 9.59 Å². The van der Waals surface area contributed by atoms with Crippen LogP contribution in [0.4, 0.5) is 0 Å². The van der Waals surface area contributed by atoms with E-state index in [2.05, 4.69) is 4.98 Å². The standard InChI is InChI=1S/C16H22N4O3S/c1-3-4-7-23-16(22)13-11(8-19-6-5-18-10(19)2)9-24-15-12(17)14(21)20(13)15/h5-6,12,15H,3-4,7-9,17H2,1-2H3/t12?,15-/m0/s1. The number of rotatable bonds is 6. The molecular formula is C16H22N4O3S. The maximum absolute atomic E-state index is 12.6. The maximum atomic E-state index is 12.6. The van der Waals surface area contributed by atoms with Crippen molar-refractivity contribution in [3.8, 4) is 0 Å². The van der Waals surface area contributed by atoms with Crippen LogP contribution in [-0.2, 0) is 20.9 Å². The zero-order valence-electron chi connectivity index (χ0n) is 13.9. The molecule has 1 amide bonds. The van der Waals surface area contributed by atoms with E-state index in [1.165, 1.54) is 4.90 Å². The van der Waals surface area contributed by atoms with Gasteiger partial charge in [-0.2, -0.15) is 0 Å². The van der Waals surface area contributed by atoms with Gasteiger partial charge in [-0.25, -0.2) is 9.78 Å². The smallest absolute Gasteiger partial charge is 0.355 e. The van der Waals surface area contributed by atoms with Crippen molar-refractivity contribution in [1.82, 2.24) is 14.5 Å². The first-order valence-electron chi connectivity index (χ1n) is 8.11. The lowest BCUT2D eigenvalue weighted by molar-refractivity contribution is -0.150. The summed E-state index contributed by atoms with van der Waals surface area (Å²) in [6, 6.07) is -0.537. The van der Waals surface area contributed by atoms with Crippen LogP contribution in [-0.4, -0.2) is 50.1 Å². The van der Waals surface area contributed by atoms with Gasteiger partial charge in [-0.3, -0.25) is 9.69 Å². The topological polar surface area (TPSA) is 90.5 Å². The van der Waals surface area contributed by atoms with Gasteiger partial charge in [0.05, 0.1) is 6.61 Å². The van der Waals surface area contributed by atoms with E-state index in [1.54, 1.807) is 18.0 Å². The minimum atomic E-state index is -0.537. The number of aryl methyl sites for hydroxylation is 1. The van der Waals surface area contributed by atoms with Crippen LogP contribution >= 0.6 is 11.8 Å². The van der Waals surface area contributed by atoms with Gasteiger partial charge in [-0.15, -0.1) is 11.8 Å². The number of unbranched alkanes of at least 4 members (excludes halogenated alkanes) is 1. The third-order valence-corrected chi connectivity index (χ3v) is 5.66. The molecule has 1 fully saturated rings. The SMILES string of the molecule is CCCCOC(=O)C1=C(Cn2ccnc2C)CS[C@H]2C(N)C(=O)N12. The number of hydrogen-bond donors (Lipinski definition) is 1. The number of thioether (sulfide) groups is 1. The van der Waals surface area contributed by atoms with Crippen LogP contribution in [0, 0.1) is 6.92 Å². The molecule has 3 rings (SSSR count). The van der Waals surface area contributed by atoms with Crippen LogP contribution in [0.15, 0.2) is 23.7 Å². The summed E-state index contributed by atoms with van der Waals surface area (Å²) in [5.74, 6) is 0.869. The predicted molar refractivity (Wildman–Crippen MR) is 90.9 cm³/mol. The first-order chi connectivity index (χ1) is 11.5. The number of fused-ring (bicyclic) bond motifs is 1. The Kier molecular flexibility index (Phi) is 4.96. The molecule has 0 aliphatic carbocycles. The largest absolute Gasteiger partial charge is 0.461 e. The zero-order valence-corrected chi connectivity index (χ0v) is 14.7. The first-order valence-corrected chi connectivity index (χ1v) is 9.16. The quantitative estimate of drug-likeness (QED) is 0.468. The van der Waals surface area contributed by atoms with Gasteiger partial charge < -0.3 is 15.0 Å². The molecule has 1 aromatic rings. The number of nitrogens with zero attached hydrogens (tertiary/aromatic N) is 3. The minimum Gasteiger partial charge on any atom is -0.461 e. The fraction of sp³-hybridized carbons (Fsp3) is 0.562. The van der Waals surface area contributed by atoms with E-state index in [4.69, 9.17) is 10.5 Å². The third-order valence-electron chi connectivity index (χ3n) is 4.30. The number of amides is 1. The highest BCUT2D eigenvalue weighted by atomic mass is 32.2. The highest BCUT2D eigenvalue weighted by Gasteiger charge is 2.52. The number of hydrogen-bond acceptors (Lipinski definition) is 6. The molecule has 1 aromatic heterocycles. The lowest BCUT2D eigenvalue weighted by Gasteiger charge is -2.48. The van der Waals surface area contributed by atoms with Crippen molar-refractivity contribution in [2.75, 3.05) is 12.4 Å². The number of nitrogens with two attached hydrogens (primary N) is 1. The molecule has 130 valence electrons. The monoisotopic (exact) mass is 350 g/mol. The summed E-state index contributed by atoms with van der Waals surface area (Å²) in [4.78, 5) is 30.5. The first kappa shape index (κ1) is 17.0. The van der Waals surface area contributed by atoms with E-state index in [1.807, 2.05) is 24.6 Å². The number of ether oxygens (including phenoxy) is 1. The van der Waals surface area contributed by atoms with Gasteiger partial charge in [0, 0.05) is 24.7 Å². The number of carbonyl (C=O) groups excluding carboxylic acids is 2. The van der Waals surface area contributed by atoms with Crippen molar-refractivity contribution in [3.63, 3.8) is 0 Å². The lowest BCUT2D eigenvalue weighted by Crippen LogP contribution is -2.68. The van der Waals surface area contributed by atoms with Crippen LogP contribution in [0.2, 0.25) is 0 Å². The Balaban J connectivity index is 1.88. The summed E-state index contributed by atoms with van der Waals surface area (Å²) >= 11 is 1.59. The number of esters is 1. The van der Waals surface area contributed by atoms with E-state index in [-0.39, 0.29) is 11.3 Å². The van der Waals surface area contributed by atoms with Gasteiger partial charge >= 0.3 is 5.97 Å². The Morgan fingerprint density at radius 2 is 2.33 bits per heavy atom. The summed E-state index contributed by atoms with van der Waals surface area (Å²) in [5, 5.41) is -0.168. The van der Waals surface area contributed by atoms with Gasteiger partial charge in [0.1, 0.15) is 22.9 Å². The number of imidazole rings is 1. The normalized spacial score (nSPS) is 23.1. The molecule has 2 N–H and O–H groups in total. The summed E-state index contributed by atoms with van der Waals surface area (Å²) < 4.78 is 7.33. The minimum absolute atomic E-state index is 0.168. The van der Waals surface area contributed by atoms with Crippen LogP contribution in [0.1, 0.15) is 25.6 Å². The molecule has 7 nitrogen and oxygen atoms in total. The van der Waals surface area contributed by atoms with Crippen LogP contribution in [0.3, 0.4) is 0 Å². The summed E-state index contributed by atoms with van der Waals surface area (Å²) in [5.41, 5.74) is 7.11. The molecule has 0 spiro atoms. The second kappa shape index (κ2) is 6.98. The third kappa shape index (κ3) is 2.95. The highest BCUT2D eigenvalue weighted by Crippen LogP contribution is 2.40. The lowest BCUT2D eigenvalue weighted by atomic mass is 10.0. The molecule has 2 atom stereocenters. The second-order valence-corrected chi connectivity index (χ2v) is 7.08. The van der Waals surface area contributed by atoms with E-state index in [0.29, 0.717) is 24.6 Å². The Morgan fingerprint density at radius 3 is 3.00 bits per heavy atom. The van der Waals surface area contributed by atoms with E-state index >= 15 is 0 Å². The molecule has 2 aliphatic rings. The molecule has 24 heavy (non-hydrogen) atoms.